The van der Waals surface area contributed by atoms with E-state index in [1.165, 1.54) is 0 Å². The molecule has 1 aliphatic rings. The van der Waals surface area contributed by atoms with Crippen molar-refractivity contribution in [2.24, 2.45) is 0 Å². The Hall–Kier alpha value is -3.28. The molecular formula is C18H14N2O4. The normalized spacial score (nSPS) is 12.7. The first-order chi connectivity index (χ1) is 11.8. The van der Waals surface area contributed by atoms with Gasteiger partial charge in [0.2, 0.25) is 0 Å². The van der Waals surface area contributed by atoms with E-state index in [1.54, 1.807) is 53.5 Å². The largest absolute Gasteiger partial charge is 0.486 e. The smallest absolute Gasteiger partial charge is 0.345 e. The van der Waals surface area contributed by atoms with Gasteiger partial charge in [0.1, 0.15) is 19.0 Å². The molecule has 0 aliphatic carbocycles. The molecule has 0 saturated carbocycles. The number of esters is 1. The minimum absolute atomic E-state index is 0.402. The Morgan fingerprint density at radius 1 is 1.04 bits per heavy atom. The number of nitrogens with zero attached hydrogens (tertiary/aromatic N) is 2. The Bertz CT molecular complexity index is 874. The molecule has 0 bridgehead atoms. The third kappa shape index (κ3) is 2.69. The zero-order valence-electron chi connectivity index (χ0n) is 12.7. The molecule has 0 saturated heterocycles. The highest BCUT2D eigenvalue weighted by Gasteiger charge is 2.17. The number of carbonyl (C=O) groups excluding carboxylic acids is 1. The van der Waals surface area contributed by atoms with Crippen molar-refractivity contribution in [2.45, 2.75) is 0 Å². The van der Waals surface area contributed by atoms with Crippen LogP contribution in [0.5, 0.6) is 17.2 Å². The van der Waals surface area contributed by atoms with E-state index in [9.17, 15) is 4.79 Å². The molecule has 0 radical (unpaired) electrons. The summed E-state index contributed by atoms with van der Waals surface area (Å²) in [6.07, 6.45) is 3.43. The SMILES string of the molecule is O=C(Oc1ccc2c(c1)OCCO2)c1ccccc1-n1cccn1. The Morgan fingerprint density at radius 3 is 2.71 bits per heavy atom. The first-order valence-electron chi connectivity index (χ1n) is 7.52. The number of benzene rings is 2. The molecule has 1 aromatic heterocycles. The topological polar surface area (TPSA) is 62.6 Å². The fraction of sp³-hybridized carbons (Fsp3) is 0.111. The molecule has 0 spiro atoms. The number of ether oxygens (including phenoxy) is 3. The molecule has 2 heterocycles. The van der Waals surface area contributed by atoms with E-state index >= 15 is 0 Å². The van der Waals surface area contributed by atoms with Crippen molar-refractivity contribution in [1.82, 2.24) is 9.78 Å². The molecule has 0 fully saturated rings. The third-order valence-electron chi connectivity index (χ3n) is 3.60. The fourth-order valence-electron chi connectivity index (χ4n) is 2.51. The van der Waals surface area contributed by atoms with E-state index in [4.69, 9.17) is 14.2 Å². The molecule has 4 rings (SSSR count). The van der Waals surface area contributed by atoms with Gasteiger partial charge in [-0.15, -0.1) is 0 Å². The zero-order valence-corrected chi connectivity index (χ0v) is 12.7. The van der Waals surface area contributed by atoms with Gasteiger partial charge in [0.25, 0.3) is 0 Å². The predicted molar refractivity (Wildman–Crippen MR) is 86.0 cm³/mol. The van der Waals surface area contributed by atoms with E-state index in [-0.39, 0.29) is 0 Å². The van der Waals surface area contributed by atoms with Crippen LogP contribution < -0.4 is 14.2 Å². The van der Waals surface area contributed by atoms with Crippen molar-refractivity contribution in [3.05, 3.63) is 66.5 Å². The van der Waals surface area contributed by atoms with Crippen LogP contribution in [-0.2, 0) is 0 Å². The van der Waals surface area contributed by atoms with Crippen LogP contribution in [0.3, 0.4) is 0 Å². The Morgan fingerprint density at radius 2 is 1.88 bits per heavy atom. The van der Waals surface area contributed by atoms with E-state index in [2.05, 4.69) is 5.10 Å². The number of aromatic nitrogens is 2. The summed E-state index contributed by atoms with van der Waals surface area (Å²) in [4.78, 5) is 12.6. The first-order valence-corrected chi connectivity index (χ1v) is 7.52. The zero-order chi connectivity index (χ0) is 16.4. The summed E-state index contributed by atoms with van der Waals surface area (Å²) in [5, 5.41) is 4.17. The molecule has 0 amide bonds. The van der Waals surface area contributed by atoms with Gasteiger partial charge in [0.15, 0.2) is 11.5 Å². The van der Waals surface area contributed by atoms with Crippen LogP contribution >= 0.6 is 0 Å². The molecule has 0 unspecified atom stereocenters. The molecule has 6 heteroatoms. The summed E-state index contributed by atoms with van der Waals surface area (Å²) in [7, 11) is 0. The Balaban J connectivity index is 1.61. The summed E-state index contributed by atoms with van der Waals surface area (Å²) in [5.41, 5.74) is 1.08. The molecule has 6 nitrogen and oxygen atoms in total. The molecule has 2 aromatic carbocycles. The van der Waals surface area contributed by atoms with Crippen molar-refractivity contribution in [3.8, 4) is 22.9 Å². The van der Waals surface area contributed by atoms with Gasteiger partial charge in [-0.1, -0.05) is 12.1 Å². The van der Waals surface area contributed by atoms with Crippen molar-refractivity contribution >= 4 is 5.97 Å². The maximum atomic E-state index is 12.6. The average Bonchev–Trinajstić information content (AvgIpc) is 3.16. The second kappa shape index (κ2) is 6.08. The van der Waals surface area contributed by atoms with Gasteiger partial charge in [-0.2, -0.15) is 5.10 Å². The number of rotatable bonds is 3. The van der Waals surface area contributed by atoms with E-state index in [0.29, 0.717) is 41.7 Å². The van der Waals surface area contributed by atoms with Crippen LogP contribution in [0.4, 0.5) is 0 Å². The number of hydrogen-bond acceptors (Lipinski definition) is 5. The summed E-state index contributed by atoms with van der Waals surface area (Å²) in [6.45, 7) is 0.996. The number of fused-ring (bicyclic) bond motifs is 1. The highest BCUT2D eigenvalue weighted by molar-refractivity contribution is 5.94. The van der Waals surface area contributed by atoms with Gasteiger partial charge in [-0.3, -0.25) is 0 Å². The number of hydrogen-bond donors (Lipinski definition) is 0. The van der Waals surface area contributed by atoms with Crippen molar-refractivity contribution in [2.75, 3.05) is 13.2 Å². The fourth-order valence-corrected chi connectivity index (χ4v) is 2.51. The van der Waals surface area contributed by atoms with Crippen LogP contribution in [0.25, 0.3) is 5.69 Å². The Kier molecular flexibility index (Phi) is 3.63. The summed E-state index contributed by atoms with van der Waals surface area (Å²) < 4.78 is 18.1. The van der Waals surface area contributed by atoms with E-state index in [1.807, 2.05) is 12.1 Å². The second-order valence-corrected chi connectivity index (χ2v) is 5.16. The molecule has 1 aliphatic heterocycles. The number of carbonyl (C=O) groups is 1. The minimum atomic E-state index is -0.460. The lowest BCUT2D eigenvalue weighted by molar-refractivity contribution is 0.0733. The van der Waals surface area contributed by atoms with E-state index in [0.717, 1.165) is 0 Å². The van der Waals surface area contributed by atoms with Crippen molar-refractivity contribution in [3.63, 3.8) is 0 Å². The standard InChI is InChI=1S/C18H14N2O4/c21-18(14-4-1-2-5-15(14)20-9-3-8-19-20)24-13-6-7-16-17(12-13)23-11-10-22-16/h1-9,12H,10-11H2. The average molecular weight is 322 g/mol. The quantitative estimate of drug-likeness (QED) is 0.548. The van der Waals surface area contributed by atoms with Crippen LogP contribution in [0.15, 0.2) is 60.9 Å². The maximum absolute atomic E-state index is 12.6. The predicted octanol–water partition coefficient (Wildman–Crippen LogP) is 2.86. The molecular weight excluding hydrogens is 308 g/mol. The van der Waals surface area contributed by atoms with Crippen molar-refractivity contribution < 1.29 is 19.0 Å². The van der Waals surface area contributed by atoms with Crippen LogP contribution in [0.2, 0.25) is 0 Å². The third-order valence-corrected chi connectivity index (χ3v) is 3.60. The van der Waals surface area contributed by atoms with E-state index < -0.39 is 5.97 Å². The number of para-hydroxylation sites is 1. The molecule has 120 valence electrons. The summed E-state index contributed by atoms with van der Waals surface area (Å²) >= 11 is 0. The van der Waals surface area contributed by atoms with Gasteiger partial charge in [0, 0.05) is 18.5 Å². The summed E-state index contributed by atoms with van der Waals surface area (Å²) in [5.74, 6) is 1.17. The maximum Gasteiger partial charge on any atom is 0.345 e. The molecule has 0 atom stereocenters. The van der Waals surface area contributed by atoms with Gasteiger partial charge < -0.3 is 14.2 Å². The first kappa shape index (κ1) is 14.3. The lowest BCUT2D eigenvalue weighted by atomic mass is 10.2. The van der Waals surface area contributed by atoms with Crippen LogP contribution in [0, 0.1) is 0 Å². The Labute approximate surface area is 138 Å². The molecule has 3 aromatic rings. The van der Waals surface area contributed by atoms with Gasteiger partial charge in [-0.25, -0.2) is 9.48 Å². The lowest BCUT2D eigenvalue weighted by Gasteiger charge is -2.18. The van der Waals surface area contributed by atoms with Crippen molar-refractivity contribution in [1.29, 1.82) is 0 Å². The van der Waals surface area contributed by atoms with Gasteiger partial charge >= 0.3 is 5.97 Å². The van der Waals surface area contributed by atoms with Crippen LogP contribution in [0.1, 0.15) is 10.4 Å². The molecule has 24 heavy (non-hydrogen) atoms. The van der Waals surface area contributed by atoms with Gasteiger partial charge in [-0.05, 0) is 30.3 Å². The lowest BCUT2D eigenvalue weighted by Crippen LogP contribution is -2.16. The van der Waals surface area contributed by atoms with Crippen LogP contribution in [-0.4, -0.2) is 29.0 Å². The monoisotopic (exact) mass is 322 g/mol. The summed E-state index contributed by atoms with van der Waals surface area (Å²) in [6, 6.07) is 14.0. The van der Waals surface area contributed by atoms with Gasteiger partial charge in [0.05, 0.1) is 11.3 Å². The molecule has 0 N–H and O–H groups in total. The second-order valence-electron chi connectivity index (χ2n) is 5.16. The highest BCUT2D eigenvalue weighted by atomic mass is 16.6. The highest BCUT2D eigenvalue weighted by Crippen LogP contribution is 2.33. The minimum Gasteiger partial charge on any atom is -0.486 e.